The van der Waals surface area contributed by atoms with Crippen LogP contribution in [0.15, 0.2) is 48.9 Å². The van der Waals surface area contributed by atoms with Crippen molar-refractivity contribution in [1.82, 2.24) is 5.32 Å². The van der Waals surface area contributed by atoms with E-state index in [0.29, 0.717) is 16.6 Å². The van der Waals surface area contributed by atoms with E-state index >= 15 is 0 Å². The highest BCUT2D eigenvalue weighted by Crippen LogP contribution is 2.74. The number of rotatable bonds is 5. The normalized spacial score (nSPS) is 53.8. The zero-order valence-corrected chi connectivity index (χ0v) is 34.6. The van der Waals surface area contributed by atoms with Gasteiger partial charge in [0.15, 0.2) is 6.61 Å². The maximum Gasteiger partial charge on any atom is 0.422 e. The number of fused-ring (bicyclic) bond motifs is 5. The number of aliphatic hydroxyl groups is 1. The second kappa shape index (κ2) is 22.0. The van der Waals surface area contributed by atoms with E-state index in [2.05, 4.69) is 39.4 Å². The molecule has 0 aromatic rings. The standard InChI is InChI=1S/C19H31B.C12H21NO2.C7H15NO.C5H5F3O2.C5H8/c1-10-14-6-12(18(14,3)4)7-15(10)19(5)13-8-16(19)11(2)17(20)9-13;1-9-5-7-10(8-6-9)13-11(14)15-12(2,3)4;1-5-2-3-6(8)4-7(5)9;1-2-4(9)10-3-5(6,7)8;1-4-5(2)3/h10-17H,6-9H2,1-5H3;5,10H,6-8H2,1-4H3,(H,13,14);5-7,9H,2-4,8H2,1H3;2H,1,3H2;4H,1-2H2,3H3/t10-,11-,12+,13+,14-,15-,16-,17-,19?;10-;5-,6-,7-;;/m001../s1/i;1D3,5D,6D2,7D2,8D2;1D3,2D2,3D2,4D2,5D,6D,7D;1D2,2D;1D2,2D2,3D3,4D. The first-order valence-corrected chi connectivity index (χ1v) is 18.9. The number of allylic oxidation sites excluding steroid dienone is 3. The van der Waals surface area contributed by atoms with Crippen molar-refractivity contribution < 1.29 is 82.6 Å². The third-order valence-electron chi connectivity index (χ3n) is 12.0. The van der Waals surface area contributed by atoms with Crippen LogP contribution in [0.2, 0.25) is 5.82 Å². The lowest BCUT2D eigenvalue weighted by Gasteiger charge is -2.72. The van der Waals surface area contributed by atoms with Gasteiger partial charge in [-0.05, 0) is 150 Å². The molecule has 4 bridgehead atoms. The summed E-state index contributed by atoms with van der Waals surface area (Å²) in [4.78, 5) is 22.3. The van der Waals surface area contributed by atoms with E-state index in [9.17, 15) is 27.9 Å². The number of esters is 1. The Balaban J connectivity index is 0.000000401. The summed E-state index contributed by atoms with van der Waals surface area (Å²) in [6, 6.07) is -8.99. The van der Waals surface area contributed by atoms with Crippen molar-refractivity contribution in [2.45, 2.75) is 176 Å². The second-order valence-electron chi connectivity index (χ2n) is 17.0. The van der Waals surface area contributed by atoms with Gasteiger partial charge in [0.05, 0.1) is 27.6 Å². The molecule has 13 atom stereocenters. The summed E-state index contributed by atoms with van der Waals surface area (Å²) < 4.78 is 284. The minimum Gasteiger partial charge on any atom is -0.453 e. The van der Waals surface area contributed by atoms with Crippen LogP contribution < -0.4 is 11.1 Å². The van der Waals surface area contributed by atoms with Crippen LogP contribution in [0, 0.1) is 58.1 Å². The average Bonchev–Trinajstić information content (AvgIpc) is 0.663. The van der Waals surface area contributed by atoms with Crippen molar-refractivity contribution in [2.75, 3.05) is 6.61 Å². The number of amides is 1. The van der Waals surface area contributed by atoms with Gasteiger partial charge in [-0.1, -0.05) is 96.6 Å². The molecule has 7 saturated carbocycles. The molecule has 8 aliphatic carbocycles. The average molecular weight is 866 g/mol. The smallest absolute Gasteiger partial charge is 0.422 e. The number of alkyl halides is 3. The molecule has 7 nitrogen and oxygen atoms in total. The minimum absolute atomic E-state index is 0.483. The van der Waals surface area contributed by atoms with Crippen molar-refractivity contribution in [2.24, 2.45) is 63.9 Å². The Morgan fingerprint density at radius 3 is 2.29 bits per heavy atom. The van der Waals surface area contributed by atoms with Crippen LogP contribution in [0.1, 0.15) is 185 Å². The maximum absolute atomic E-state index is 11.9. The van der Waals surface area contributed by atoms with Gasteiger partial charge in [0, 0.05) is 49.6 Å². The summed E-state index contributed by atoms with van der Waals surface area (Å²) >= 11 is 0. The number of hydrogen-bond acceptors (Lipinski definition) is 6. The van der Waals surface area contributed by atoms with E-state index in [1.165, 1.54) is 46.5 Å². The molecular formula is C48H80BF3N2O5. The molecule has 4 N–H and O–H groups in total. The topological polar surface area (TPSA) is 111 Å². The Hall–Kier alpha value is -2.53. The first-order valence-electron chi connectivity index (χ1n) is 35.4. The van der Waals surface area contributed by atoms with E-state index in [0.717, 1.165) is 41.4 Å². The quantitative estimate of drug-likeness (QED) is 0.0835. The van der Waals surface area contributed by atoms with E-state index in [4.69, 9.17) is 63.6 Å². The van der Waals surface area contributed by atoms with Gasteiger partial charge in [-0.2, -0.15) is 13.2 Å². The molecule has 336 valence electrons. The molecule has 8 aliphatic rings. The molecule has 0 aromatic carbocycles. The van der Waals surface area contributed by atoms with Crippen LogP contribution in [0.3, 0.4) is 0 Å². The lowest BCUT2D eigenvalue weighted by Crippen LogP contribution is -2.65. The van der Waals surface area contributed by atoms with Crippen LogP contribution in [0.4, 0.5) is 18.0 Å². The number of hydrogen-bond donors (Lipinski definition) is 3. The molecular weight excluding hydrogens is 752 g/mol. The van der Waals surface area contributed by atoms with Gasteiger partial charge >= 0.3 is 18.2 Å². The highest BCUT2D eigenvalue weighted by molar-refractivity contribution is 6.12. The fourth-order valence-electron chi connectivity index (χ4n) is 8.93. The molecule has 0 saturated heterocycles. The second-order valence-corrected chi connectivity index (χ2v) is 17.0. The largest absolute Gasteiger partial charge is 0.453 e. The number of carbonyl (C=O) groups is 2. The Labute approximate surface area is 403 Å². The summed E-state index contributed by atoms with van der Waals surface area (Å²) in [5, 5.41) is 11.9. The predicted octanol–water partition coefficient (Wildman–Crippen LogP) is 11.5. The molecule has 0 spiro atoms. The highest BCUT2D eigenvalue weighted by Gasteiger charge is 2.66. The van der Waals surface area contributed by atoms with Crippen LogP contribution in [0.5, 0.6) is 0 Å². The van der Waals surface area contributed by atoms with Gasteiger partial charge in [0.2, 0.25) is 0 Å². The molecule has 1 unspecified atom stereocenters. The van der Waals surface area contributed by atoms with Crippen LogP contribution in [-0.4, -0.2) is 61.5 Å². The molecule has 11 heteroatoms. The van der Waals surface area contributed by atoms with Gasteiger partial charge in [0.25, 0.3) is 0 Å². The lowest BCUT2D eigenvalue weighted by atomic mass is 9.32. The zero-order valence-electron chi connectivity index (χ0n) is 67.6. The van der Waals surface area contributed by atoms with Gasteiger partial charge in [-0.25, -0.2) is 9.59 Å². The first-order chi connectivity index (χ1) is 40.2. The molecule has 0 aliphatic heterocycles. The van der Waals surface area contributed by atoms with Crippen LogP contribution >= 0.6 is 0 Å². The van der Waals surface area contributed by atoms with E-state index in [1.807, 2.05) is 5.32 Å². The first kappa shape index (κ1) is 21.2. The number of alkyl carbamates (subject to hydrolysis) is 1. The van der Waals surface area contributed by atoms with Gasteiger partial charge in [-0.3, -0.25) is 0 Å². The monoisotopic (exact) mass is 866 g/mol. The summed E-state index contributed by atoms with van der Waals surface area (Å²) in [5.41, 5.74) is 3.35. The van der Waals surface area contributed by atoms with Crippen molar-refractivity contribution >= 4 is 19.9 Å². The molecule has 0 heterocycles. The third-order valence-corrected chi connectivity index (χ3v) is 12.0. The Bertz CT molecular complexity index is 2800. The summed E-state index contributed by atoms with van der Waals surface area (Å²) in [6.45, 7) is 2.47. The minimum atomic E-state index is -4.67. The van der Waals surface area contributed by atoms with E-state index in [-0.39, 0.29) is 0 Å². The van der Waals surface area contributed by atoms with Crippen LogP contribution in [-0.2, 0) is 14.3 Å². The van der Waals surface area contributed by atoms with Crippen molar-refractivity contribution in [3.05, 3.63) is 48.9 Å². The summed E-state index contributed by atoms with van der Waals surface area (Å²) in [6.07, 6.45) is -24.6. The fourth-order valence-corrected chi connectivity index (χ4v) is 8.93. The molecule has 59 heavy (non-hydrogen) atoms. The van der Waals surface area contributed by atoms with Gasteiger partial charge < -0.3 is 25.6 Å². The van der Waals surface area contributed by atoms with Crippen LogP contribution in [0.25, 0.3) is 0 Å². The van der Waals surface area contributed by atoms with E-state index < -0.39 is 162 Å². The Kier molecular flexibility index (Phi) is 7.92. The number of carbonyl (C=O) groups excluding carboxylic acids is 2. The summed E-state index contributed by atoms with van der Waals surface area (Å²) in [7, 11) is 6.36. The maximum atomic E-state index is 11.9. The third kappa shape index (κ3) is 15.4. The van der Waals surface area contributed by atoms with Crippen molar-refractivity contribution in [1.29, 1.82) is 0 Å². The predicted molar refractivity (Wildman–Crippen MR) is 236 cm³/mol. The number of nitrogens with one attached hydrogen (secondary N) is 1. The van der Waals surface area contributed by atoms with E-state index in [1.54, 1.807) is 0 Å². The number of ether oxygens (including phenoxy) is 2. The van der Waals surface area contributed by atoms with Gasteiger partial charge in [-0.15, -0.1) is 0 Å². The molecule has 0 aromatic heterocycles. The molecule has 7 fully saturated rings. The fraction of sp³-hybridized carbons (Fsp3) is 0.792. The molecule has 2 radical (unpaired) electrons. The highest BCUT2D eigenvalue weighted by atomic mass is 19.4. The summed E-state index contributed by atoms with van der Waals surface area (Å²) in [5.74, 6) is 1.48. The number of nitrogens with two attached hydrogens (primary N) is 1. The molecule has 1 amide bonds. The Morgan fingerprint density at radius 2 is 1.76 bits per heavy atom. The Morgan fingerprint density at radius 1 is 1.10 bits per heavy atom. The zero-order chi connectivity index (χ0) is 73.6. The SMILES string of the molecule is [2H]C([2H])=C([2H])C(=C([2H])[2H])C([2H])([2H])[2H].[2H]C([2H])=C([2H])C(=O)OCC(F)(F)F.[2H]C1([2H])C([2H])([2H])[C@@]([2H])(C([2H])([2H])[2H])[C@]([2H])(O)C([2H])([2H])[C@]1([2H])N.[2H]C1=C(C([2H])([2H])[2H])C([2H])([2H])C([2H])([2H])[C@@H](NC(=O)OC(C)(C)C)C1([2H])[2H].[B][C@H]1C[C@H]2C[C@@H]([C@@H]1C)C2(C)[C@H]1C[C@H]2C[C@@H]([C@@H]1C)C2(C)C. The van der Waals surface area contributed by atoms with Crippen molar-refractivity contribution in [3.8, 4) is 0 Å². The lowest BCUT2D eigenvalue weighted by molar-refractivity contribution is -0.227. The van der Waals surface area contributed by atoms with Crippen molar-refractivity contribution in [3.63, 3.8) is 0 Å². The number of halogens is 3. The van der Waals surface area contributed by atoms with Gasteiger partial charge in [0.1, 0.15) is 5.60 Å². The molecule has 8 rings (SSSR count).